The molecule has 0 aromatic heterocycles. The Bertz CT molecular complexity index is 2220. The Hall–Kier alpha value is -3.73. The van der Waals surface area contributed by atoms with E-state index in [4.69, 9.17) is 55.4 Å². The van der Waals surface area contributed by atoms with Gasteiger partial charge in [0.1, 0.15) is 0 Å². The van der Waals surface area contributed by atoms with Crippen LogP contribution in [0.2, 0.25) is 0 Å². The number of cyclic esters (lactones) is 1. The van der Waals surface area contributed by atoms with Gasteiger partial charge in [0.05, 0.1) is 45.9 Å². The largest absolute Gasteiger partial charge is 0.481 e. The molecule has 16 atom stereocenters. The van der Waals surface area contributed by atoms with E-state index in [0.29, 0.717) is 99.4 Å². The molecule has 10 rings (SSSR count). The fourth-order valence-corrected chi connectivity index (χ4v) is 16.1. The van der Waals surface area contributed by atoms with E-state index >= 15 is 0 Å². The first-order chi connectivity index (χ1) is 43.2. The van der Waals surface area contributed by atoms with Gasteiger partial charge in [0, 0.05) is 75.2 Å². The van der Waals surface area contributed by atoms with Gasteiger partial charge in [0.25, 0.3) is 0 Å². The zero-order chi connectivity index (χ0) is 67.6. The molecule has 92 heavy (non-hydrogen) atoms. The van der Waals surface area contributed by atoms with E-state index in [2.05, 4.69) is 67.3 Å². The summed E-state index contributed by atoms with van der Waals surface area (Å²) in [6.45, 7) is 20.6. The minimum absolute atomic E-state index is 0. The lowest BCUT2D eigenvalue weighted by Gasteiger charge is -2.25. The topological polar surface area (TPSA) is 321 Å². The Balaban J connectivity index is 0.000000358. The number of hydrogen-bond donors (Lipinski definition) is 6. The lowest BCUT2D eigenvalue weighted by atomic mass is 9.82. The summed E-state index contributed by atoms with van der Waals surface area (Å²) in [5.41, 5.74) is 14.2. The molecule has 0 aromatic rings. The average molecular weight is 1440 g/mol. The van der Waals surface area contributed by atoms with Gasteiger partial charge in [-0.05, 0) is 192 Å². The van der Waals surface area contributed by atoms with E-state index in [-0.39, 0.29) is 78.6 Å². The number of nitrogens with zero attached hydrogens (tertiary/aromatic N) is 2. The van der Waals surface area contributed by atoms with Crippen LogP contribution in [0, 0.1) is 93.2 Å². The molecule has 2 saturated heterocycles. The Morgan fingerprint density at radius 1 is 0.609 bits per heavy atom. The van der Waals surface area contributed by atoms with Crippen molar-refractivity contribution in [1.29, 1.82) is 0 Å². The van der Waals surface area contributed by atoms with E-state index in [1.165, 1.54) is 109 Å². The lowest BCUT2D eigenvalue weighted by molar-refractivity contribution is -0.143. The number of carboxylic acids is 1. The number of aliphatic hydroxyl groups is 3. The van der Waals surface area contributed by atoms with Crippen molar-refractivity contribution in [3.63, 3.8) is 0 Å². The van der Waals surface area contributed by atoms with Crippen molar-refractivity contribution in [2.24, 2.45) is 98.9 Å². The summed E-state index contributed by atoms with van der Waals surface area (Å²) in [4.78, 5) is 77.3. The molecular weight excluding hydrogens is 1320 g/mol. The molecular formula is C70H120ClIN4O16. The van der Waals surface area contributed by atoms with Crippen molar-refractivity contribution < 1.29 is 82.5 Å². The first-order valence-electron chi connectivity index (χ1n) is 34.3. The number of aliphatic carboxylic acids is 1. The van der Waals surface area contributed by atoms with Gasteiger partial charge < -0.3 is 60.7 Å². The van der Waals surface area contributed by atoms with Crippen LogP contribution in [0.4, 0.5) is 0 Å². The molecule has 7 N–H and O–H groups in total. The van der Waals surface area contributed by atoms with Gasteiger partial charge in [-0.2, -0.15) is 4.79 Å². The number of hydrogen-bond acceptors (Lipinski definition) is 16. The fourth-order valence-electron chi connectivity index (χ4n) is 15.3. The number of nitrogens with two attached hydrogens (primary N) is 1. The van der Waals surface area contributed by atoms with E-state index in [0.717, 1.165) is 107 Å². The predicted octanol–water partition coefficient (Wildman–Crippen LogP) is 11.5. The second-order valence-corrected chi connectivity index (χ2v) is 30.3. The molecule has 0 bridgehead atoms. The minimum atomic E-state index is -0.713. The summed E-state index contributed by atoms with van der Waals surface area (Å²) in [6, 6.07) is 0. The van der Waals surface area contributed by atoms with Gasteiger partial charge in [-0.1, -0.05) is 101 Å². The molecule has 22 heteroatoms. The number of carbonyl (C=O) groups is 7. The standard InChI is InChI=1S/C9H15IO2.C9H14N2O2.C9H17NO2.C9H15NO.C9H16O3.C9H14O3.C9H14O2.C7H14O.ClH/c1-7(11)12-6-9-3-2-8(4-9)5-10;1-7-2-3-8(4-7)6-13-9(12)5-11-10;1-7-2-3-9(4-7,6-10)5-8(11)12;1-7-2-3-9(4-7)5-8(11)10-6-9;2*1-7(11)12-6-9-3-2-8(4-9)5-10;1-7-2-3-9(4-7)5-8(10)11-6-9;1-6-2-3-7(4-6)5-8;/h8-9H,2-6H2,1H3;5,7-8H,2-4,6H2,1H3;7H,2-6,10H2,1H3,(H,11,12);7H,2-6H2,1H3,(H,10,11);8-10H,2-6H2,1H3;2-3,8-10H,4-6H2,1H3;7H,2-6H2,1H3;6-8H,2-5H2,1H3;1H/t8-,9+;7-,8+;2*7-,9+;2*8-,9+;7-,9+;6-,7+;/m11111111./s1. The van der Waals surface area contributed by atoms with Gasteiger partial charge in [0.15, 0.2) is 0 Å². The molecule has 8 aliphatic carbocycles. The number of carboxylic acid groups (broad SMARTS) is 1. The Morgan fingerprint density at radius 2 is 1.08 bits per heavy atom. The summed E-state index contributed by atoms with van der Waals surface area (Å²) in [7, 11) is 0. The van der Waals surface area contributed by atoms with E-state index in [1.807, 2.05) is 12.2 Å². The third-order valence-corrected chi connectivity index (χ3v) is 21.6. The molecule has 2 heterocycles. The molecule has 530 valence electrons. The Labute approximate surface area is 570 Å². The van der Waals surface area contributed by atoms with Crippen LogP contribution in [0.25, 0.3) is 5.53 Å². The van der Waals surface area contributed by atoms with Crippen LogP contribution in [-0.4, -0.2) is 144 Å². The molecule has 10 aliphatic rings. The molecule has 0 unspecified atom stereocenters. The molecule has 7 saturated carbocycles. The van der Waals surface area contributed by atoms with Crippen molar-refractivity contribution in [2.45, 2.75) is 216 Å². The van der Waals surface area contributed by atoms with Crippen LogP contribution in [0.1, 0.15) is 216 Å². The van der Waals surface area contributed by atoms with Crippen molar-refractivity contribution in [1.82, 2.24) is 5.32 Å². The number of carbonyl (C=O) groups excluding carboxylic acids is 6. The zero-order valence-corrected chi connectivity index (χ0v) is 60.1. The highest BCUT2D eigenvalue weighted by Gasteiger charge is 2.45. The monoisotopic (exact) mass is 1430 g/mol. The third kappa shape index (κ3) is 34.3. The first-order valence-corrected chi connectivity index (χ1v) is 35.9. The summed E-state index contributed by atoms with van der Waals surface area (Å²) >= 11 is 2.43. The molecule has 1 amide bonds. The highest BCUT2D eigenvalue weighted by Crippen LogP contribution is 2.48. The second-order valence-electron chi connectivity index (χ2n) is 29.4. The number of alkyl halides is 1. The maximum Gasteiger partial charge on any atom is 0.413 e. The number of aliphatic hydroxyl groups excluding tert-OH is 3. The van der Waals surface area contributed by atoms with Crippen molar-refractivity contribution in [3.8, 4) is 0 Å². The van der Waals surface area contributed by atoms with Gasteiger partial charge >= 0.3 is 42.0 Å². The van der Waals surface area contributed by atoms with Crippen molar-refractivity contribution in [2.75, 3.05) is 70.4 Å². The van der Waals surface area contributed by atoms with Crippen LogP contribution in [0.15, 0.2) is 12.2 Å². The summed E-state index contributed by atoms with van der Waals surface area (Å²) in [5.74, 6) is 6.38. The first kappa shape index (κ1) is 84.4. The molecule has 2 spiro atoms. The summed E-state index contributed by atoms with van der Waals surface area (Å²) < 4.78 is 25.8. The molecule has 0 radical (unpaired) electrons. The smallest absolute Gasteiger partial charge is 0.413 e. The van der Waals surface area contributed by atoms with Crippen LogP contribution >= 0.6 is 35.0 Å². The number of nitrogens with one attached hydrogen (secondary N) is 1. The SMILES string of the molecule is CC(=O)OC[C@H]1C=C[C@@H](CO)C1.CC(=O)OC[C@H]1CC[C@@H](CI)C1.CC(=O)OC[C@H]1CC[C@@H](CO)C1.C[C@@H]1CC[C@@](CN)(CC(=O)O)C1.C[C@@H]1CC[C@H](CO)C1.C[C@@H]1CC[C@H](COC(=O)C=[N+]=[N-])C1.C[C@@H]1CC[C@]2(CNC(=O)C2)C1.C[C@@H]1CC[C@]2(COC(=O)C2)C1.Cl. The summed E-state index contributed by atoms with van der Waals surface area (Å²) in [5, 5.41) is 38.0. The quantitative estimate of drug-likeness (QED) is 0.0122. The minimum Gasteiger partial charge on any atom is -0.481 e. The highest BCUT2D eigenvalue weighted by atomic mass is 127. The van der Waals surface area contributed by atoms with Gasteiger partial charge in [-0.15, -0.1) is 12.4 Å². The maximum absolute atomic E-state index is 11.0. The van der Waals surface area contributed by atoms with Crippen LogP contribution in [-0.2, 0) is 57.2 Å². The second kappa shape index (κ2) is 44.9. The summed E-state index contributed by atoms with van der Waals surface area (Å²) in [6.07, 6.45) is 32.2. The van der Waals surface area contributed by atoms with Gasteiger partial charge in [0.2, 0.25) is 5.91 Å². The highest BCUT2D eigenvalue weighted by molar-refractivity contribution is 14.1. The van der Waals surface area contributed by atoms with E-state index < -0.39 is 11.9 Å². The van der Waals surface area contributed by atoms with Crippen LogP contribution in [0.5, 0.6) is 0 Å². The third-order valence-electron chi connectivity index (χ3n) is 20.4. The van der Waals surface area contributed by atoms with E-state index in [9.17, 15) is 33.6 Å². The van der Waals surface area contributed by atoms with E-state index in [1.54, 1.807) is 0 Å². The number of halogens is 2. The Morgan fingerprint density at radius 3 is 1.46 bits per heavy atom. The van der Waals surface area contributed by atoms with Crippen molar-refractivity contribution >= 4 is 82.9 Å². The number of ether oxygens (including phenoxy) is 5. The predicted molar refractivity (Wildman–Crippen MR) is 364 cm³/mol. The van der Waals surface area contributed by atoms with Gasteiger partial charge in [-0.25, -0.2) is 4.79 Å². The number of amides is 1. The average Bonchev–Trinajstić information content (AvgIpc) is 1.69. The lowest BCUT2D eigenvalue weighted by Crippen LogP contribution is -2.30. The number of esters is 5. The van der Waals surface area contributed by atoms with Crippen molar-refractivity contribution in [3.05, 3.63) is 17.7 Å². The zero-order valence-electron chi connectivity index (χ0n) is 57.1. The molecule has 2 aliphatic heterocycles. The maximum atomic E-state index is 11.0. The Kier molecular flexibility index (Phi) is 41.2. The normalized spacial score (nSPS) is 33.2. The molecule has 0 aromatic carbocycles. The van der Waals surface area contributed by atoms with Crippen LogP contribution < -0.4 is 11.1 Å². The molecule has 9 fully saturated rings. The fraction of sp³-hybridized carbons (Fsp3) is 0.857. The van der Waals surface area contributed by atoms with Crippen LogP contribution in [0.3, 0.4) is 0 Å². The number of rotatable bonds is 16. The molecule has 20 nitrogen and oxygen atoms in total. The van der Waals surface area contributed by atoms with Gasteiger partial charge in [-0.3, -0.25) is 28.8 Å².